The zero-order valence-corrected chi connectivity index (χ0v) is 16.6. The summed E-state index contributed by atoms with van der Waals surface area (Å²) in [4.78, 5) is 19.7. The molecule has 0 spiro atoms. The number of nitrogens with zero attached hydrogens (tertiary/aromatic N) is 4. The summed E-state index contributed by atoms with van der Waals surface area (Å²) in [5.41, 5.74) is 4.02. The molecule has 0 amide bonds. The van der Waals surface area contributed by atoms with Crippen molar-refractivity contribution in [3.8, 4) is 23.2 Å². The number of oxazole rings is 2. The zero-order valence-electron chi connectivity index (χ0n) is 16.6. The van der Waals surface area contributed by atoms with E-state index in [0.29, 0.717) is 29.4 Å². The maximum absolute atomic E-state index is 10.9. The maximum atomic E-state index is 10.9. The van der Waals surface area contributed by atoms with Gasteiger partial charge in [0.25, 0.3) is 0 Å². The first kappa shape index (κ1) is 19.5. The van der Waals surface area contributed by atoms with Crippen LogP contribution in [0, 0.1) is 0 Å². The molecule has 8 nitrogen and oxygen atoms in total. The summed E-state index contributed by atoms with van der Waals surface area (Å²) in [5, 5.41) is 17.5. The van der Waals surface area contributed by atoms with Gasteiger partial charge in [0.1, 0.15) is 18.2 Å². The summed E-state index contributed by atoms with van der Waals surface area (Å²) in [6.07, 6.45) is 3.29. The van der Waals surface area contributed by atoms with Gasteiger partial charge in [-0.3, -0.25) is 4.79 Å². The minimum absolute atomic E-state index is 0.225. The van der Waals surface area contributed by atoms with E-state index in [9.17, 15) is 4.79 Å². The highest BCUT2D eigenvalue weighted by Crippen LogP contribution is 2.27. The third-order valence-corrected chi connectivity index (χ3v) is 4.53. The lowest BCUT2D eigenvalue weighted by Crippen LogP contribution is -2.02. The standard InChI is InChI=1S/C22H20N4O4/c1-13(2)18-12-30-21(24-18)17-9-15(8-14-6-4-3-5-7-14)20(26-25-17)22-23-16(11-29-22)10-19(27)28/h3-7,9,11-13H,8,10H2,1-2H3,(H,27,28). The molecule has 0 radical (unpaired) electrons. The molecule has 4 aromatic rings. The van der Waals surface area contributed by atoms with E-state index in [1.807, 2.05) is 50.2 Å². The summed E-state index contributed by atoms with van der Waals surface area (Å²) < 4.78 is 11.1. The third kappa shape index (κ3) is 4.27. The second-order valence-electron chi connectivity index (χ2n) is 7.21. The van der Waals surface area contributed by atoms with Crippen molar-refractivity contribution >= 4 is 5.97 Å². The predicted octanol–water partition coefficient (Wildman–Crippen LogP) is 4.13. The van der Waals surface area contributed by atoms with Crippen LogP contribution in [0.1, 0.15) is 42.3 Å². The molecule has 152 valence electrons. The quantitative estimate of drug-likeness (QED) is 0.489. The Labute approximate surface area is 172 Å². The Hall–Kier alpha value is -3.81. The fourth-order valence-electron chi connectivity index (χ4n) is 2.99. The summed E-state index contributed by atoms with van der Waals surface area (Å²) in [6, 6.07) is 11.8. The van der Waals surface area contributed by atoms with Gasteiger partial charge in [0.15, 0.2) is 5.69 Å². The predicted molar refractivity (Wildman–Crippen MR) is 108 cm³/mol. The van der Waals surface area contributed by atoms with Gasteiger partial charge in [-0.2, -0.15) is 0 Å². The number of aliphatic carboxylic acids is 1. The molecule has 4 rings (SSSR count). The largest absolute Gasteiger partial charge is 0.481 e. The van der Waals surface area contributed by atoms with Gasteiger partial charge in [-0.25, -0.2) is 9.97 Å². The molecule has 0 saturated carbocycles. The lowest BCUT2D eigenvalue weighted by atomic mass is 10.0. The zero-order chi connectivity index (χ0) is 21.1. The third-order valence-electron chi connectivity index (χ3n) is 4.53. The van der Waals surface area contributed by atoms with E-state index >= 15 is 0 Å². The Morgan fingerprint density at radius 3 is 2.50 bits per heavy atom. The number of hydrogen-bond donors (Lipinski definition) is 1. The van der Waals surface area contributed by atoms with E-state index in [4.69, 9.17) is 13.9 Å². The molecule has 0 bridgehead atoms. The van der Waals surface area contributed by atoms with E-state index in [1.54, 1.807) is 6.26 Å². The molecule has 3 heterocycles. The second kappa shape index (κ2) is 8.28. The van der Waals surface area contributed by atoms with Crippen molar-refractivity contribution in [2.24, 2.45) is 0 Å². The normalized spacial score (nSPS) is 11.2. The van der Waals surface area contributed by atoms with Gasteiger partial charge in [-0.05, 0) is 29.5 Å². The lowest BCUT2D eigenvalue weighted by Gasteiger charge is -2.07. The number of rotatable bonds is 7. The van der Waals surface area contributed by atoms with Crippen molar-refractivity contribution in [3.05, 3.63) is 71.4 Å². The van der Waals surface area contributed by atoms with Crippen molar-refractivity contribution < 1.29 is 18.7 Å². The van der Waals surface area contributed by atoms with Gasteiger partial charge in [0.2, 0.25) is 11.8 Å². The smallest absolute Gasteiger partial charge is 0.309 e. The highest BCUT2D eigenvalue weighted by atomic mass is 16.4. The van der Waals surface area contributed by atoms with Crippen LogP contribution in [0.15, 0.2) is 57.8 Å². The van der Waals surface area contributed by atoms with Crippen molar-refractivity contribution in [2.75, 3.05) is 0 Å². The topological polar surface area (TPSA) is 115 Å². The molecule has 3 aromatic heterocycles. The van der Waals surface area contributed by atoms with Gasteiger partial charge in [-0.15, -0.1) is 10.2 Å². The summed E-state index contributed by atoms with van der Waals surface area (Å²) in [5.74, 6) is -0.123. The van der Waals surface area contributed by atoms with Crippen molar-refractivity contribution in [1.29, 1.82) is 0 Å². The van der Waals surface area contributed by atoms with Crippen molar-refractivity contribution in [2.45, 2.75) is 32.6 Å². The Morgan fingerprint density at radius 2 is 1.80 bits per heavy atom. The van der Waals surface area contributed by atoms with Crippen LogP contribution in [0.2, 0.25) is 0 Å². The number of aromatic nitrogens is 4. The first-order valence-corrected chi connectivity index (χ1v) is 9.52. The second-order valence-corrected chi connectivity index (χ2v) is 7.21. The van der Waals surface area contributed by atoms with E-state index < -0.39 is 5.97 Å². The van der Waals surface area contributed by atoms with Crippen LogP contribution in [0.3, 0.4) is 0 Å². The monoisotopic (exact) mass is 404 g/mol. The van der Waals surface area contributed by atoms with Crippen LogP contribution in [-0.4, -0.2) is 31.2 Å². The van der Waals surface area contributed by atoms with Gasteiger partial charge < -0.3 is 13.9 Å². The molecule has 0 aliphatic heterocycles. The van der Waals surface area contributed by atoms with E-state index in [1.165, 1.54) is 6.26 Å². The molecule has 0 atom stereocenters. The number of carboxylic acid groups (broad SMARTS) is 1. The Morgan fingerprint density at radius 1 is 1.03 bits per heavy atom. The molecule has 1 aromatic carbocycles. The van der Waals surface area contributed by atoms with E-state index in [0.717, 1.165) is 16.8 Å². The minimum Gasteiger partial charge on any atom is -0.481 e. The average Bonchev–Trinajstić information content (AvgIpc) is 3.38. The van der Waals surface area contributed by atoms with Crippen LogP contribution in [0.25, 0.3) is 23.2 Å². The number of carboxylic acids is 1. The molecule has 0 saturated heterocycles. The van der Waals surface area contributed by atoms with E-state index in [-0.39, 0.29) is 18.2 Å². The van der Waals surface area contributed by atoms with Crippen LogP contribution in [0.4, 0.5) is 0 Å². The number of hydrogen-bond acceptors (Lipinski definition) is 7. The summed E-state index contributed by atoms with van der Waals surface area (Å²) in [6.45, 7) is 4.07. The molecule has 0 aliphatic carbocycles. The summed E-state index contributed by atoms with van der Waals surface area (Å²) >= 11 is 0. The van der Waals surface area contributed by atoms with Crippen LogP contribution < -0.4 is 0 Å². The lowest BCUT2D eigenvalue weighted by molar-refractivity contribution is -0.136. The highest BCUT2D eigenvalue weighted by Gasteiger charge is 2.19. The van der Waals surface area contributed by atoms with Gasteiger partial charge in [-0.1, -0.05) is 44.2 Å². The first-order chi connectivity index (χ1) is 14.5. The average molecular weight is 404 g/mol. The molecule has 0 aliphatic rings. The minimum atomic E-state index is -0.981. The maximum Gasteiger partial charge on any atom is 0.309 e. The molecule has 0 fully saturated rings. The number of carbonyl (C=O) groups is 1. The SMILES string of the molecule is CC(C)c1coc(-c2cc(Cc3ccccc3)c(-c3nc(CC(=O)O)co3)nn2)n1. The molecular weight excluding hydrogens is 384 g/mol. The molecule has 8 heteroatoms. The highest BCUT2D eigenvalue weighted by molar-refractivity contribution is 5.69. The number of benzene rings is 1. The summed E-state index contributed by atoms with van der Waals surface area (Å²) in [7, 11) is 0. The first-order valence-electron chi connectivity index (χ1n) is 9.52. The fraction of sp³-hybridized carbons (Fsp3) is 0.227. The Kier molecular flexibility index (Phi) is 5.38. The molecule has 0 unspecified atom stereocenters. The molecular formula is C22H20N4O4. The van der Waals surface area contributed by atoms with Gasteiger partial charge in [0.05, 0.1) is 17.8 Å². The Balaban J connectivity index is 1.74. The molecule has 30 heavy (non-hydrogen) atoms. The van der Waals surface area contributed by atoms with Crippen molar-refractivity contribution in [1.82, 2.24) is 20.2 Å². The fourth-order valence-corrected chi connectivity index (χ4v) is 2.99. The van der Waals surface area contributed by atoms with Gasteiger partial charge in [0, 0.05) is 0 Å². The molecule has 1 N–H and O–H groups in total. The van der Waals surface area contributed by atoms with Crippen molar-refractivity contribution in [3.63, 3.8) is 0 Å². The van der Waals surface area contributed by atoms with E-state index in [2.05, 4.69) is 20.2 Å². The van der Waals surface area contributed by atoms with Crippen LogP contribution in [0.5, 0.6) is 0 Å². The van der Waals surface area contributed by atoms with Crippen LogP contribution >= 0.6 is 0 Å². The van der Waals surface area contributed by atoms with Gasteiger partial charge >= 0.3 is 5.97 Å². The Bertz CT molecular complexity index is 1160. The van der Waals surface area contributed by atoms with Crippen LogP contribution in [-0.2, 0) is 17.6 Å².